The largest absolute Gasteiger partial charge is 0.478 e. The van der Waals surface area contributed by atoms with Gasteiger partial charge in [-0.3, -0.25) is 0 Å². The van der Waals surface area contributed by atoms with Gasteiger partial charge in [0.25, 0.3) is 0 Å². The molecule has 0 unspecified atom stereocenters. The average Bonchev–Trinajstić information content (AvgIpc) is 3.02. The molecule has 0 bridgehead atoms. The van der Waals surface area contributed by atoms with E-state index < -0.39 is 5.97 Å². The monoisotopic (exact) mass is 619 g/mol. The van der Waals surface area contributed by atoms with Gasteiger partial charge in [0, 0.05) is 5.57 Å². The van der Waals surface area contributed by atoms with Crippen molar-refractivity contribution in [3.63, 3.8) is 0 Å². The first-order valence-corrected chi connectivity index (χ1v) is 20.5. The number of hydrogen-bond donors (Lipinski definition) is 1. The lowest BCUT2D eigenvalue weighted by molar-refractivity contribution is -0.132. The Kier molecular flexibility index (Phi) is 36.0. The van der Waals surface area contributed by atoms with Crippen LogP contribution in [-0.2, 0) is 4.79 Å². The summed E-state index contributed by atoms with van der Waals surface area (Å²) in [5.74, 6) is -0.0869. The summed E-state index contributed by atoms with van der Waals surface area (Å²) in [6, 6.07) is 0. The van der Waals surface area contributed by atoms with E-state index in [1.807, 2.05) is 6.08 Å². The number of rotatable bonds is 37. The Labute approximate surface area is 278 Å². The van der Waals surface area contributed by atoms with Crippen molar-refractivity contribution in [2.45, 2.75) is 245 Å². The summed E-state index contributed by atoms with van der Waals surface area (Å²) in [7, 11) is 0. The lowest BCUT2D eigenvalue weighted by atomic mass is 9.90. The minimum atomic E-state index is -0.756. The summed E-state index contributed by atoms with van der Waals surface area (Å²) in [5, 5.41) is 9.28. The van der Waals surface area contributed by atoms with E-state index in [0.29, 0.717) is 11.5 Å². The fraction of sp³-hybridized carbons (Fsp3) is 0.929. The molecule has 1 N–H and O–H groups in total. The van der Waals surface area contributed by atoms with E-state index in [-0.39, 0.29) is 0 Å². The molecule has 2 heteroatoms. The molecule has 0 aliphatic heterocycles. The van der Waals surface area contributed by atoms with Gasteiger partial charge in [0.2, 0.25) is 0 Å². The summed E-state index contributed by atoms with van der Waals surface area (Å²) in [6.07, 6.45) is 50.8. The SMILES string of the molecule is CCCCCCCCCCCCCCCCCCC(CC=C(C)C(=O)O)CCCCCCCCCCCCCCCCCC. The summed E-state index contributed by atoms with van der Waals surface area (Å²) < 4.78 is 0. The third-order valence-electron chi connectivity index (χ3n) is 10.0. The topological polar surface area (TPSA) is 37.3 Å². The molecular weight excluding hydrogens is 536 g/mol. The Morgan fingerprint density at radius 1 is 0.432 bits per heavy atom. The maximum absolute atomic E-state index is 11.3. The molecular formula is C42H82O2. The van der Waals surface area contributed by atoms with Gasteiger partial charge < -0.3 is 5.11 Å². The molecule has 0 radical (unpaired) electrons. The minimum Gasteiger partial charge on any atom is -0.478 e. The maximum Gasteiger partial charge on any atom is 0.330 e. The van der Waals surface area contributed by atoms with Gasteiger partial charge in [-0.15, -0.1) is 0 Å². The summed E-state index contributed by atoms with van der Waals surface area (Å²) >= 11 is 0. The zero-order valence-corrected chi connectivity index (χ0v) is 30.8. The Morgan fingerprint density at radius 2 is 0.659 bits per heavy atom. The second kappa shape index (κ2) is 36.7. The van der Waals surface area contributed by atoms with Crippen molar-refractivity contribution in [3.05, 3.63) is 11.6 Å². The maximum atomic E-state index is 11.3. The molecule has 0 aromatic heterocycles. The molecule has 0 aliphatic carbocycles. The molecule has 0 fully saturated rings. The van der Waals surface area contributed by atoms with Crippen LogP contribution in [0.1, 0.15) is 245 Å². The number of allylic oxidation sites excluding steroid dienone is 1. The van der Waals surface area contributed by atoms with Crippen LogP contribution in [0, 0.1) is 5.92 Å². The van der Waals surface area contributed by atoms with E-state index in [0.717, 1.165) is 6.42 Å². The molecule has 0 saturated carbocycles. The highest BCUT2D eigenvalue weighted by Crippen LogP contribution is 2.24. The molecule has 0 saturated heterocycles. The highest BCUT2D eigenvalue weighted by Gasteiger charge is 2.09. The van der Waals surface area contributed by atoms with Gasteiger partial charge in [-0.1, -0.05) is 238 Å². The van der Waals surface area contributed by atoms with Gasteiger partial charge in [0.05, 0.1) is 0 Å². The Morgan fingerprint density at radius 3 is 0.886 bits per heavy atom. The molecule has 0 aliphatic rings. The molecule has 0 rings (SSSR count). The quantitative estimate of drug-likeness (QED) is 0.0555. The van der Waals surface area contributed by atoms with E-state index >= 15 is 0 Å². The predicted molar refractivity (Wildman–Crippen MR) is 198 cm³/mol. The smallest absolute Gasteiger partial charge is 0.330 e. The minimum absolute atomic E-state index is 0.522. The van der Waals surface area contributed by atoms with Crippen molar-refractivity contribution < 1.29 is 9.90 Å². The standard InChI is InChI=1S/C42H82O2/c1-4-6-8-10-12-14-16-18-20-22-24-26-28-30-32-34-36-41(39-38-40(3)42(43)44)37-35-33-31-29-27-25-23-21-19-17-15-13-11-9-7-5-2/h38,41H,4-37,39H2,1-3H3,(H,43,44). The van der Waals surface area contributed by atoms with Crippen LogP contribution in [0.25, 0.3) is 0 Å². The summed E-state index contributed by atoms with van der Waals surface area (Å²) in [5.41, 5.74) is 0.522. The van der Waals surface area contributed by atoms with E-state index in [1.165, 1.54) is 218 Å². The predicted octanol–water partition coefficient (Wildman–Crippen LogP) is 15.3. The van der Waals surface area contributed by atoms with Crippen molar-refractivity contribution in [2.24, 2.45) is 5.92 Å². The number of hydrogen-bond acceptors (Lipinski definition) is 1. The van der Waals surface area contributed by atoms with Crippen LogP contribution in [0.5, 0.6) is 0 Å². The first-order valence-electron chi connectivity index (χ1n) is 20.5. The van der Waals surface area contributed by atoms with E-state index in [9.17, 15) is 9.90 Å². The first-order chi connectivity index (χ1) is 21.6. The Balaban J connectivity index is 3.75. The summed E-state index contributed by atoms with van der Waals surface area (Å²) in [6.45, 7) is 6.35. The molecule has 0 heterocycles. The molecule has 0 aromatic carbocycles. The number of unbranched alkanes of at least 4 members (excludes halogenated alkanes) is 30. The van der Waals surface area contributed by atoms with Gasteiger partial charge in [0.15, 0.2) is 0 Å². The number of carboxylic acid groups (broad SMARTS) is 1. The third kappa shape index (κ3) is 34.1. The van der Waals surface area contributed by atoms with Gasteiger partial charge in [-0.05, 0) is 19.3 Å². The second-order valence-corrected chi connectivity index (χ2v) is 14.5. The van der Waals surface area contributed by atoms with Crippen molar-refractivity contribution in [3.8, 4) is 0 Å². The number of carboxylic acids is 1. The molecule has 0 amide bonds. The Bertz CT molecular complexity index is 559. The Hall–Kier alpha value is -0.790. The van der Waals surface area contributed by atoms with Crippen molar-refractivity contribution in [1.82, 2.24) is 0 Å². The zero-order valence-electron chi connectivity index (χ0n) is 30.8. The number of carbonyl (C=O) groups is 1. The number of aliphatic carboxylic acids is 1. The van der Waals surface area contributed by atoms with Gasteiger partial charge >= 0.3 is 5.97 Å². The fourth-order valence-electron chi connectivity index (χ4n) is 6.77. The highest BCUT2D eigenvalue weighted by molar-refractivity contribution is 5.85. The van der Waals surface area contributed by atoms with Crippen LogP contribution in [-0.4, -0.2) is 11.1 Å². The van der Waals surface area contributed by atoms with Gasteiger partial charge in [0.1, 0.15) is 0 Å². The van der Waals surface area contributed by atoms with E-state index in [1.54, 1.807) is 6.92 Å². The zero-order chi connectivity index (χ0) is 32.2. The lowest BCUT2D eigenvalue weighted by Gasteiger charge is -2.15. The second-order valence-electron chi connectivity index (χ2n) is 14.5. The van der Waals surface area contributed by atoms with Crippen LogP contribution in [0.3, 0.4) is 0 Å². The van der Waals surface area contributed by atoms with E-state index in [2.05, 4.69) is 13.8 Å². The molecule has 262 valence electrons. The normalized spacial score (nSPS) is 12.0. The van der Waals surface area contributed by atoms with Gasteiger partial charge in [-0.25, -0.2) is 4.79 Å². The van der Waals surface area contributed by atoms with Crippen LogP contribution < -0.4 is 0 Å². The molecule has 2 nitrogen and oxygen atoms in total. The first kappa shape index (κ1) is 43.2. The fourth-order valence-corrected chi connectivity index (χ4v) is 6.77. The van der Waals surface area contributed by atoms with Crippen LogP contribution in [0.2, 0.25) is 0 Å². The van der Waals surface area contributed by atoms with E-state index in [4.69, 9.17) is 0 Å². The molecule has 0 atom stereocenters. The summed E-state index contributed by atoms with van der Waals surface area (Å²) in [4.78, 5) is 11.3. The molecule has 0 spiro atoms. The average molecular weight is 619 g/mol. The third-order valence-corrected chi connectivity index (χ3v) is 10.0. The van der Waals surface area contributed by atoms with Gasteiger partial charge in [-0.2, -0.15) is 0 Å². The lowest BCUT2D eigenvalue weighted by Crippen LogP contribution is -2.02. The van der Waals surface area contributed by atoms with Crippen LogP contribution >= 0.6 is 0 Å². The van der Waals surface area contributed by atoms with Crippen molar-refractivity contribution >= 4 is 5.97 Å². The molecule has 44 heavy (non-hydrogen) atoms. The van der Waals surface area contributed by atoms with Crippen molar-refractivity contribution in [2.75, 3.05) is 0 Å². The van der Waals surface area contributed by atoms with Crippen molar-refractivity contribution in [1.29, 1.82) is 0 Å². The molecule has 0 aromatic rings. The highest BCUT2D eigenvalue weighted by atomic mass is 16.4. The van der Waals surface area contributed by atoms with Crippen LogP contribution in [0.15, 0.2) is 11.6 Å². The van der Waals surface area contributed by atoms with Crippen LogP contribution in [0.4, 0.5) is 0 Å².